The molecule has 0 fully saturated rings. The van der Waals surface area contributed by atoms with E-state index in [1.807, 2.05) is 0 Å². The number of hydrogen-bond donors (Lipinski definition) is 2. The van der Waals surface area contributed by atoms with Gasteiger partial charge in [0.15, 0.2) is 0 Å². The Balaban J connectivity index is 3.01. The summed E-state index contributed by atoms with van der Waals surface area (Å²) in [5.41, 5.74) is 3.65. The molecule has 0 aliphatic heterocycles. The number of nitrogens with two attached hydrogens (primary N) is 1. The third-order valence-corrected chi connectivity index (χ3v) is 1.95. The molecule has 7 heteroatoms. The van der Waals surface area contributed by atoms with Crippen LogP contribution in [0.2, 0.25) is 0 Å². The number of amides is 1. The summed E-state index contributed by atoms with van der Waals surface area (Å²) >= 11 is 0. The van der Waals surface area contributed by atoms with Gasteiger partial charge in [-0.2, -0.15) is 13.2 Å². The van der Waals surface area contributed by atoms with E-state index in [1.165, 1.54) is 6.92 Å². The quantitative estimate of drug-likeness (QED) is 0.790. The zero-order valence-electron chi connectivity index (χ0n) is 8.81. The predicted molar refractivity (Wildman–Crippen MR) is 53.7 cm³/mol. The molecule has 0 aliphatic rings. The Kier molecular flexibility index (Phi) is 3.72. The monoisotopic (exact) mass is 250 g/mol. The van der Waals surface area contributed by atoms with E-state index >= 15 is 0 Å². The highest BCUT2D eigenvalue weighted by molar-refractivity contribution is 5.94. The predicted octanol–water partition coefficient (Wildman–Crippen LogP) is 2.13. The maximum atomic E-state index is 12.9. The van der Waals surface area contributed by atoms with Crippen molar-refractivity contribution < 1.29 is 22.4 Å². The van der Waals surface area contributed by atoms with Crippen LogP contribution in [0.3, 0.4) is 0 Å². The van der Waals surface area contributed by atoms with Crippen LogP contribution < -0.4 is 11.1 Å². The molecule has 0 aliphatic carbocycles. The van der Waals surface area contributed by atoms with Crippen LogP contribution >= 0.6 is 0 Å². The smallest absolute Gasteiger partial charge is 0.325 e. The largest absolute Gasteiger partial charge is 0.419 e. The van der Waals surface area contributed by atoms with E-state index in [-0.39, 0.29) is 5.69 Å². The van der Waals surface area contributed by atoms with Gasteiger partial charge in [-0.3, -0.25) is 4.79 Å². The van der Waals surface area contributed by atoms with E-state index in [0.717, 1.165) is 6.07 Å². The second-order valence-corrected chi connectivity index (χ2v) is 3.47. The fourth-order valence-electron chi connectivity index (χ4n) is 1.08. The molecule has 1 rings (SSSR count). The SMILES string of the molecule is C[C@@H](N)C(=O)Nc1ccc(F)c(C(F)(F)F)c1. The summed E-state index contributed by atoms with van der Waals surface area (Å²) in [6, 6.07) is 1.33. The molecule has 0 aromatic heterocycles. The van der Waals surface area contributed by atoms with Gasteiger partial charge in [0.05, 0.1) is 11.6 Å². The Morgan fingerprint density at radius 2 is 2.00 bits per heavy atom. The van der Waals surface area contributed by atoms with E-state index in [2.05, 4.69) is 5.32 Å². The van der Waals surface area contributed by atoms with Crippen LogP contribution in [0.5, 0.6) is 0 Å². The Morgan fingerprint density at radius 3 is 2.47 bits per heavy atom. The highest BCUT2D eigenvalue weighted by atomic mass is 19.4. The van der Waals surface area contributed by atoms with E-state index in [1.54, 1.807) is 0 Å². The zero-order chi connectivity index (χ0) is 13.2. The maximum absolute atomic E-state index is 12.9. The maximum Gasteiger partial charge on any atom is 0.419 e. The standard InChI is InChI=1S/C10H10F4N2O/c1-5(15)9(17)16-6-2-3-8(11)7(4-6)10(12,13)14/h2-5H,15H2,1H3,(H,16,17)/t5-/m1/s1. The molecule has 1 aromatic rings. The normalized spacial score (nSPS) is 13.3. The van der Waals surface area contributed by atoms with Crippen LogP contribution in [0, 0.1) is 5.82 Å². The van der Waals surface area contributed by atoms with Crippen molar-refractivity contribution in [3.05, 3.63) is 29.6 Å². The van der Waals surface area contributed by atoms with Gasteiger partial charge in [-0.15, -0.1) is 0 Å². The van der Waals surface area contributed by atoms with Crippen molar-refractivity contribution in [3.63, 3.8) is 0 Å². The van der Waals surface area contributed by atoms with Crippen LogP contribution in [-0.4, -0.2) is 11.9 Å². The minimum Gasteiger partial charge on any atom is -0.325 e. The summed E-state index contributed by atoms with van der Waals surface area (Å²) in [4.78, 5) is 11.1. The average molecular weight is 250 g/mol. The van der Waals surface area contributed by atoms with Crippen molar-refractivity contribution in [1.29, 1.82) is 0 Å². The van der Waals surface area contributed by atoms with Crippen molar-refractivity contribution in [2.45, 2.75) is 19.1 Å². The van der Waals surface area contributed by atoms with Crippen LogP contribution in [-0.2, 0) is 11.0 Å². The molecule has 94 valence electrons. The van der Waals surface area contributed by atoms with Crippen molar-refractivity contribution in [2.75, 3.05) is 5.32 Å². The summed E-state index contributed by atoms with van der Waals surface area (Å²) in [5, 5.41) is 2.15. The molecular weight excluding hydrogens is 240 g/mol. The number of carbonyl (C=O) groups is 1. The number of anilines is 1. The first-order valence-corrected chi connectivity index (χ1v) is 4.65. The fraction of sp³-hybridized carbons (Fsp3) is 0.300. The molecule has 0 heterocycles. The summed E-state index contributed by atoms with van der Waals surface area (Å²) in [7, 11) is 0. The van der Waals surface area contributed by atoms with Gasteiger partial charge in [-0.25, -0.2) is 4.39 Å². The number of carbonyl (C=O) groups excluding carboxylic acids is 1. The molecule has 0 unspecified atom stereocenters. The molecule has 0 radical (unpaired) electrons. The molecule has 3 nitrogen and oxygen atoms in total. The molecule has 17 heavy (non-hydrogen) atoms. The molecule has 1 atom stereocenters. The van der Waals surface area contributed by atoms with Gasteiger partial charge in [-0.05, 0) is 25.1 Å². The number of alkyl halides is 3. The molecule has 0 saturated carbocycles. The van der Waals surface area contributed by atoms with Gasteiger partial charge in [0.1, 0.15) is 5.82 Å². The lowest BCUT2D eigenvalue weighted by Crippen LogP contribution is -2.32. The number of rotatable bonds is 2. The van der Waals surface area contributed by atoms with E-state index in [0.29, 0.717) is 12.1 Å². The summed E-state index contributed by atoms with van der Waals surface area (Å²) in [6.07, 6.45) is -4.81. The van der Waals surface area contributed by atoms with Crippen LogP contribution in [0.25, 0.3) is 0 Å². The highest BCUT2D eigenvalue weighted by Crippen LogP contribution is 2.32. The van der Waals surface area contributed by atoms with Gasteiger partial charge in [0.2, 0.25) is 5.91 Å². The Morgan fingerprint density at radius 1 is 1.41 bits per heavy atom. The Hall–Kier alpha value is -1.63. The van der Waals surface area contributed by atoms with Gasteiger partial charge in [0, 0.05) is 5.69 Å². The van der Waals surface area contributed by atoms with Gasteiger partial charge < -0.3 is 11.1 Å². The van der Waals surface area contributed by atoms with Gasteiger partial charge >= 0.3 is 6.18 Å². The molecule has 0 bridgehead atoms. The summed E-state index contributed by atoms with van der Waals surface area (Å²) in [6.45, 7) is 1.38. The van der Waals surface area contributed by atoms with E-state index < -0.39 is 29.5 Å². The molecule has 1 aromatic carbocycles. The molecule has 0 spiro atoms. The first-order valence-electron chi connectivity index (χ1n) is 4.65. The molecule has 0 saturated heterocycles. The lowest BCUT2D eigenvalue weighted by molar-refractivity contribution is -0.140. The minimum atomic E-state index is -4.81. The van der Waals surface area contributed by atoms with Crippen molar-refractivity contribution in [2.24, 2.45) is 5.73 Å². The van der Waals surface area contributed by atoms with Crippen LogP contribution in [0.1, 0.15) is 12.5 Å². The van der Waals surface area contributed by atoms with Crippen LogP contribution in [0.15, 0.2) is 18.2 Å². The summed E-state index contributed by atoms with van der Waals surface area (Å²) in [5.74, 6) is -2.04. The molecule has 1 amide bonds. The number of hydrogen-bond acceptors (Lipinski definition) is 2. The first kappa shape index (κ1) is 13.4. The number of halogens is 4. The fourth-order valence-corrected chi connectivity index (χ4v) is 1.08. The van der Waals surface area contributed by atoms with Crippen molar-refractivity contribution in [1.82, 2.24) is 0 Å². The van der Waals surface area contributed by atoms with Crippen molar-refractivity contribution >= 4 is 11.6 Å². The zero-order valence-corrected chi connectivity index (χ0v) is 8.81. The van der Waals surface area contributed by atoms with Crippen molar-refractivity contribution in [3.8, 4) is 0 Å². The first-order chi connectivity index (χ1) is 7.71. The van der Waals surface area contributed by atoms with Crippen LogP contribution in [0.4, 0.5) is 23.2 Å². The Labute approximate surface area is 94.6 Å². The molecular formula is C10H10F4N2O. The Bertz CT molecular complexity index is 429. The summed E-state index contributed by atoms with van der Waals surface area (Å²) < 4.78 is 49.9. The van der Waals surface area contributed by atoms with E-state index in [9.17, 15) is 22.4 Å². The highest BCUT2D eigenvalue weighted by Gasteiger charge is 2.34. The topological polar surface area (TPSA) is 55.1 Å². The lowest BCUT2D eigenvalue weighted by Gasteiger charge is -2.12. The average Bonchev–Trinajstić information content (AvgIpc) is 2.19. The van der Waals surface area contributed by atoms with Gasteiger partial charge in [0.25, 0.3) is 0 Å². The third-order valence-electron chi connectivity index (χ3n) is 1.95. The second kappa shape index (κ2) is 4.70. The molecule has 3 N–H and O–H groups in total. The van der Waals surface area contributed by atoms with E-state index in [4.69, 9.17) is 5.73 Å². The third kappa shape index (κ3) is 3.42. The number of nitrogens with one attached hydrogen (secondary N) is 1. The van der Waals surface area contributed by atoms with Gasteiger partial charge in [-0.1, -0.05) is 0 Å². The minimum absolute atomic E-state index is 0.152. The second-order valence-electron chi connectivity index (χ2n) is 3.47. The lowest BCUT2D eigenvalue weighted by atomic mass is 10.1. The number of benzene rings is 1.